The highest BCUT2D eigenvalue weighted by molar-refractivity contribution is 5.79. The molecule has 0 aromatic carbocycles. The zero-order valence-corrected chi connectivity index (χ0v) is 14.8. The van der Waals surface area contributed by atoms with Gasteiger partial charge in [-0.3, -0.25) is 4.79 Å². The lowest BCUT2D eigenvalue weighted by Crippen LogP contribution is -2.59. The van der Waals surface area contributed by atoms with Gasteiger partial charge in [0.2, 0.25) is 0 Å². The molecule has 3 heteroatoms. The van der Waals surface area contributed by atoms with E-state index in [9.17, 15) is 15.0 Å². The van der Waals surface area contributed by atoms with Gasteiger partial charge in [-0.2, -0.15) is 0 Å². The van der Waals surface area contributed by atoms with Crippen LogP contribution in [0.3, 0.4) is 0 Å². The van der Waals surface area contributed by atoms with Crippen molar-refractivity contribution in [3.8, 4) is 0 Å². The summed E-state index contributed by atoms with van der Waals surface area (Å²) in [4.78, 5) is 11.9. The van der Waals surface area contributed by atoms with Gasteiger partial charge in [0.15, 0.2) is 0 Å². The first-order valence-electron chi connectivity index (χ1n) is 9.61. The van der Waals surface area contributed by atoms with Crippen LogP contribution in [0, 0.1) is 34.5 Å². The monoisotopic (exact) mass is 320 g/mol. The van der Waals surface area contributed by atoms with Gasteiger partial charge in [-0.25, -0.2) is 0 Å². The lowest BCUT2D eigenvalue weighted by atomic mass is 9.44. The largest absolute Gasteiger partial charge is 0.393 e. The lowest BCUT2D eigenvalue weighted by Gasteiger charge is -2.62. The quantitative estimate of drug-likeness (QED) is 0.720. The van der Waals surface area contributed by atoms with Crippen molar-refractivity contribution in [2.24, 2.45) is 34.5 Å². The number of Topliss-reactive ketones (excluding diaryl/α,β-unsaturated/α-hetero) is 1. The number of aliphatic hydroxyl groups is 2. The van der Waals surface area contributed by atoms with E-state index in [4.69, 9.17) is 0 Å². The van der Waals surface area contributed by atoms with Gasteiger partial charge in [0.05, 0.1) is 11.7 Å². The number of hydrogen-bond donors (Lipinski definition) is 2. The number of carbonyl (C=O) groups excluding carboxylic acids is 1. The third-order valence-corrected chi connectivity index (χ3v) is 9.06. The molecule has 0 radical (unpaired) electrons. The fourth-order valence-corrected chi connectivity index (χ4v) is 7.33. The van der Waals surface area contributed by atoms with E-state index in [0.29, 0.717) is 36.4 Å². The minimum atomic E-state index is -0.562. The molecular weight excluding hydrogens is 288 g/mol. The maximum Gasteiger partial charge on any atom is 0.133 e. The Morgan fingerprint density at radius 3 is 2.43 bits per heavy atom. The molecule has 0 spiro atoms. The highest BCUT2D eigenvalue weighted by atomic mass is 16.3. The third kappa shape index (κ3) is 1.99. The summed E-state index contributed by atoms with van der Waals surface area (Å²) < 4.78 is 0. The average molecular weight is 320 g/mol. The summed E-state index contributed by atoms with van der Waals surface area (Å²) >= 11 is 0. The molecular formula is C20H32O3. The maximum absolute atomic E-state index is 11.9. The molecule has 4 rings (SSSR count). The van der Waals surface area contributed by atoms with Crippen LogP contribution in [0.4, 0.5) is 0 Å². The highest BCUT2D eigenvalue weighted by Crippen LogP contribution is 2.67. The molecule has 0 amide bonds. The average Bonchev–Trinajstić information content (AvgIpc) is 2.72. The molecule has 3 unspecified atom stereocenters. The molecule has 0 aliphatic heterocycles. The van der Waals surface area contributed by atoms with Crippen LogP contribution in [0.25, 0.3) is 0 Å². The molecule has 4 fully saturated rings. The first-order chi connectivity index (χ1) is 10.7. The number of ketones is 1. The van der Waals surface area contributed by atoms with E-state index >= 15 is 0 Å². The molecule has 23 heavy (non-hydrogen) atoms. The minimum absolute atomic E-state index is 0.00156. The standard InChI is InChI=1S/C20H32O3/c1-18-7-4-12(21)10-16(18)17(22)11-13-14(18)5-8-19(2)15(13)6-9-20(19,3)23/h13-17,22-23H,4-11H2,1-3H3/t13-,14+,15+,16?,17?,18-,19+,20?/m1/s1. The lowest BCUT2D eigenvalue weighted by molar-refractivity contribution is -0.178. The summed E-state index contributed by atoms with van der Waals surface area (Å²) in [6, 6.07) is 0. The summed E-state index contributed by atoms with van der Waals surface area (Å²) in [6.07, 6.45) is 6.98. The number of rotatable bonds is 0. The van der Waals surface area contributed by atoms with E-state index in [2.05, 4.69) is 13.8 Å². The van der Waals surface area contributed by atoms with Gasteiger partial charge < -0.3 is 10.2 Å². The van der Waals surface area contributed by atoms with E-state index in [0.717, 1.165) is 38.5 Å². The summed E-state index contributed by atoms with van der Waals surface area (Å²) in [7, 11) is 0. The number of hydrogen-bond acceptors (Lipinski definition) is 3. The highest BCUT2D eigenvalue weighted by Gasteiger charge is 2.64. The second-order valence-electron chi connectivity index (χ2n) is 9.80. The Kier molecular flexibility index (Phi) is 3.37. The minimum Gasteiger partial charge on any atom is -0.393 e. The van der Waals surface area contributed by atoms with Crippen LogP contribution in [-0.2, 0) is 4.79 Å². The van der Waals surface area contributed by atoms with Crippen molar-refractivity contribution in [2.75, 3.05) is 0 Å². The molecule has 0 bridgehead atoms. The number of aliphatic hydroxyl groups excluding tert-OH is 1. The van der Waals surface area contributed by atoms with E-state index < -0.39 is 5.60 Å². The van der Waals surface area contributed by atoms with Crippen molar-refractivity contribution in [3.63, 3.8) is 0 Å². The van der Waals surface area contributed by atoms with Gasteiger partial charge in [0, 0.05) is 12.8 Å². The van der Waals surface area contributed by atoms with Crippen LogP contribution in [0.15, 0.2) is 0 Å². The van der Waals surface area contributed by atoms with Crippen LogP contribution in [0.2, 0.25) is 0 Å². The van der Waals surface area contributed by atoms with Crippen LogP contribution < -0.4 is 0 Å². The van der Waals surface area contributed by atoms with Gasteiger partial charge in [-0.05, 0) is 80.0 Å². The van der Waals surface area contributed by atoms with Crippen molar-refractivity contribution in [2.45, 2.75) is 83.8 Å². The topological polar surface area (TPSA) is 57.5 Å². The Balaban J connectivity index is 1.69. The zero-order chi connectivity index (χ0) is 16.6. The Morgan fingerprint density at radius 1 is 1.00 bits per heavy atom. The van der Waals surface area contributed by atoms with Gasteiger partial charge in [-0.15, -0.1) is 0 Å². The van der Waals surface area contributed by atoms with E-state index in [-0.39, 0.29) is 22.9 Å². The fourth-order valence-electron chi connectivity index (χ4n) is 7.33. The first-order valence-corrected chi connectivity index (χ1v) is 9.61. The summed E-state index contributed by atoms with van der Waals surface area (Å²) in [5.41, 5.74) is -0.443. The summed E-state index contributed by atoms with van der Waals surface area (Å²) in [5, 5.41) is 21.8. The van der Waals surface area contributed by atoms with E-state index in [1.165, 1.54) is 0 Å². The molecule has 8 atom stereocenters. The SMILES string of the molecule is CC1(O)CC[C@H]2[C@@H]3CC(O)C4CC(=O)CC[C@]4(C)[C@H]3CC[C@@]21C. The molecule has 130 valence electrons. The molecule has 2 N–H and O–H groups in total. The van der Waals surface area contributed by atoms with E-state index in [1.54, 1.807) is 0 Å². The smallest absolute Gasteiger partial charge is 0.133 e. The maximum atomic E-state index is 11.9. The Morgan fingerprint density at radius 2 is 1.70 bits per heavy atom. The first kappa shape index (κ1) is 16.1. The van der Waals surface area contributed by atoms with Gasteiger partial charge in [0.25, 0.3) is 0 Å². The molecule has 4 aliphatic rings. The molecule has 0 aromatic heterocycles. The summed E-state index contributed by atoms with van der Waals surface area (Å²) in [5.74, 6) is 2.18. The molecule has 4 saturated carbocycles. The Labute approximate surface area is 139 Å². The summed E-state index contributed by atoms with van der Waals surface area (Å²) in [6.45, 7) is 6.66. The second-order valence-corrected chi connectivity index (χ2v) is 9.80. The van der Waals surface area contributed by atoms with Crippen molar-refractivity contribution >= 4 is 5.78 Å². The van der Waals surface area contributed by atoms with Crippen molar-refractivity contribution < 1.29 is 15.0 Å². The molecule has 0 aromatic rings. The van der Waals surface area contributed by atoms with Crippen molar-refractivity contribution in [1.82, 2.24) is 0 Å². The van der Waals surface area contributed by atoms with Crippen molar-refractivity contribution in [1.29, 1.82) is 0 Å². The molecule has 4 aliphatic carbocycles. The number of fused-ring (bicyclic) bond motifs is 5. The van der Waals surface area contributed by atoms with Crippen molar-refractivity contribution in [3.05, 3.63) is 0 Å². The molecule has 3 nitrogen and oxygen atoms in total. The zero-order valence-electron chi connectivity index (χ0n) is 14.8. The van der Waals surface area contributed by atoms with Gasteiger partial charge in [-0.1, -0.05) is 13.8 Å². The Hall–Kier alpha value is -0.410. The van der Waals surface area contributed by atoms with Crippen LogP contribution in [0.1, 0.15) is 72.1 Å². The molecule has 0 saturated heterocycles. The van der Waals surface area contributed by atoms with Crippen LogP contribution in [0.5, 0.6) is 0 Å². The van der Waals surface area contributed by atoms with Gasteiger partial charge >= 0.3 is 0 Å². The Bertz CT molecular complexity index is 527. The van der Waals surface area contributed by atoms with Gasteiger partial charge in [0.1, 0.15) is 5.78 Å². The number of carbonyl (C=O) groups is 1. The predicted molar refractivity (Wildman–Crippen MR) is 88.7 cm³/mol. The third-order valence-electron chi connectivity index (χ3n) is 9.06. The molecule has 0 heterocycles. The fraction of sp³-hybridized carbons (Fsp3) is 0.950. The van der Waals surface area contributed by atoms with E-state index in [1.807, 2.05) is 6.92 Å². The normalized spacial score (nSPS) is 59.2. The second kappa shape index (κ2) is 4.82. The predicted octanol–water partition coefficient (Wildman–Crippen LogP) is 3.32. The van der Waals surface area contributed by atoms with Crippen LogP contribution >= 0.6 is 0 Å². The van der Waals surface area contributed by atoms with Crippen LogP contribution in [-0.4, -0.2) is 27.7 Å².